The summed E-state index contributed by atoms with van der Waals surface area (Å²) in [5.74, 6) is 0.599. The molecular formula is C45H25N5O. The van der Waals surface area contributed by atoms with Gasteiger partial charge in [-0.1, -0.05) is 121 Å². The normalized spacial score (nSPS) is 13.6. The van der Waals surface area contributed by atoms with Crippen LogP contribution in [0.2, 0.25) is 0 Å². The van der Waals surface area contributed by atoms with Crippen molar-refractivity contribution < 1.29 is 4.42 Å². The molecule has 1 spiro atoms. The number of fused-ring (bicyclic) bond motifs is 18. The number of aromatic nitrogens is 5. The number of rotatable bonds is 2. The average molecular weight is 652 g/mol. The average Bonchev–Trinajstić information content (AvgIpc) is 3.95. The molecule has 10 aromatic rings. The van der Waals surface area contributed by atoms with Gasteiger partial charge in [-0.2, -0.15) is 0 Å². The molecule has 0 amide bonds. The Morgan fingerprint density at radius 1 is 0.569 bits per heavy atom. The molecule has 12 rings (SSSR count). The highest BCUT2D eigenvalue weighted by Crippen LogP contribution is 2.65. The Hall–Kier alpha value is -6.92. The molecule has 51 heavy (non-hydrogen) atoms. The summed E-state index contributed by atoms with van der Waals surface area (Å²) in [6, 6.07) is 49.1. The van der Waals surface area contributed by atoms with Gasteiger partial charge in [-0.15, -0.1) is 0 Å². The SMILES string of the molecule is c1ccc(-c2nc(-n3c4ccccc4c4c5ncoc5c5c(c43)C3(c4ccccc4-c4ccccc43)c3cccnc3-5)nc3ccccc23)cc1. The van der Waals surface area contributed by atoms with Crippen molar-refractivity contribution in [3.63, 3.8) is 0 Å². The first kappa shape index (κ1) is 27.0. The molecule has 6 nitrogen and oxygen atoms in total. The molecule has 0 radical (unpaired) electrons. The predicted molar refractivity (Wildman–Crippen MR) is 201 cm³/mol. The summed E-state index contributed by atoms with van der Waals surface area (Å²) in [4.78, 5) is 20.8. The van der Waals surface area contributed by atoms with E-state index in [2.05, 4.69) is 132 Å². The van der Waals surface area contributed by atoms with E-state index in [1.807, 2.05) is 18.3 Å². The van der Waals surface area contributed by atoms with Crippen LogP contribution in [0.25, 0.3) is 83.4 Å². The van der Waals surface area contributed by atoms with Crippen molar-refractivity contribution in [2.45, 2.75) is 5.41 Å². The minimum absolute atomic E-state index is 0.599. The van der Waals surface area contributed by atoms with Gasteiger partial charge < -0.3 is 4.42 Å². The second-order valence-electron chi connectivity index (χ2n) is 13.4. The lowest BCUT2D eigenvalue weighted by Crippen LogP contribution is -2.27. The molecule has 4 heterocycles. The van der Waals surface area contributed by atoms with Crippen molar-refractivity contribution in [3.05, 3.63) is 174 Å². The summed E-state index contributed by atoms with van der Waals surface area (Å²) in [6.07, 6.45) is 3.45. The van der Waals surface area contributed by atoms with E-state index < -0.39 is 5.41 Å². The number of benzene rings is 6. The lowest BCUT2D eigenvalue weighted by Gasteiger charge is -2.31. The first-order chi connectivity index (χ1) is 25.3. The Kier molecular flexibility index (Phi) is 5.08. The first-order valence-electron chi connectivity index (χ1n) is 17.1. The number of para-hydroxylation sites is 2. The van der Waals surface area contributed by atoms with E-state index in [4.69, 9.17) is 24.4 Å². The fourth-order valence-electron chi connectivity index (χ4n) is 9.17. The fraction of sp³-hybridized carbons (Fsp3) is 0.0222. The predicted octanol–water partition coefficient (Wildman–Crippen LogP) is 10.3. The zero-order valence-electron chi connectivity index (χ0n) is 27.1. The van der Waals surface area contributed by atoms with Crippen LogP contribution in [0.4, 0.5) is 0 Å². The van der Waals surface area contributed by atoms with Crippen LogP contribution < -0.4 is 0 Å². The first-order valence-corrected chi connectivity index (χ1v) is 17.1. The van der Waals surface area contributed by atoms with E-state index in [1.165, 1.54) is 22.3 Å². The van der Waals surface area contributed by atoms with E-state index in [-0.39, 0.29) is 0 Å². The van der Waals surface area contributed by atoms with Crippen LogP contribution in [0.3, 0.4) is 0 Å². The van der Waals surface area contributed by atoms with Gasteiger partial charge in [0.2, 0.25) is 5.95 Å². The maximum Gasteiger partial charge on any atom is 0.235 e. The molecule has 0 fully saturated rings. The number of oxazole rings is 1. The van der Waals surface area contributed by atoms with Crippen LogP contribution in [-0.4, -0.2) is 24.5 Å². The smallest absolute Gasteiger partial charge is 0.235 e. The van der Waals surface area contributed by atoms with E-state index >= 15 is 0 Å². The third kappa shape index (κ3) is 3.23. The molecule has 0 aliphatic heterocycles. The van der Waals surface area contributed by atoms with Crippen LogP contribution in [-0.2, 0) is 5.41 Å². The van der Waals surface area contributed by atoms with E-state index in [1.54, 1.807) is 6.39 Å². The topological polar surface area (TPSA) is 69.6 Å². The highest BCUT2D eigenvalue weighted by atomic mass is 16.3. The molecule has 0 unspecified atom stereocenters. The van der Waals surface area contributed by atoms with Gasteiger partial charge in [-0.05, 0) is 46.0 Å². The number of nitrogens with zero attached hydrogens (tertiary/aromatic N) is 5. The molecule has 0 N–H and O–H groups in total. The molecule has 6 heteroatoms. The van der Waals surface area contributed by atoms with E-state index in [9.17, 15) is 0 Å². The van der Waals surface area contributed by atoms with Crippen molar-refractivity contribution in [2.75, 3.05) is 0 Å². The zero-order valence-corrected chi connectivity index (χ0v) is 27.1. The highest BCUT2D eigenvalue weighted by molar-refractivity contribution is 6.25. The maximum absolute atomic E-state index is 6.41. The Labute approximate surface area is 291 Å². The fourth-order valence-corrected chi connectivity index (χ4v) is 9.17. The van der Waals surface area contributed by atoms with Crippen LogP contribution in [0.1, 0.15) is 22.3 Å². The molecule has 2 aliphatic carbocycles. The second kappa shape index (κ2) is 9.61. The molecular weight excluding hydrogens is 627 g/mol. The standard InChI is InChI=1S/C45H25N5O/c1-2-13-26(14-3-1)39-29-17-6-10-22-34(29)48-44(49-39)50-35-23-11-7-18-30(35)36-41-43(51-25-47-41)37-38(42(36)50)45(33-21-12-24-46-40(33)37)31-19-8-4-15-27(31)28-16-5-9-20-32(28)45/h1-25H. The van der Waals surface area contributed by atoms with E-state index in [0.29, 0.717) is 5.95 Å². The Morgan fingerprint density at radius 2 is 1.25 bits per heavy atom. The van der Waals surface area contributed by atoms with Crippen LogP contribution in [0.5, 0.6) is 0 Å². The van der Waals surface area contributed by atoms with Gasteiger partial charge in [0.05, 0.1) is 38.9 Å². The van der Waals surface area contributed by atoms with Crippen molar-refractivity contribution in [2.24, 2.45) is 0 Å². The monoisotopic (exact) mass is 651 g/mol. The van der Waals surface area contributed by atoms with Gasteiger partial charge in [0.15, 0.2) is 12.0 Å². The van der Waals surface area contributed by atoms with Gasteiger partial charge in [-0.3, -0.25) is 9.55 Å². The van der Waals surface area contributed by atoms with Crippen molar-refractivity contribution in [1.29, 1.82) is 0 Å². The van der Waals surface area contributed by atoms with Gasteiger partial charge in [0.1, 0.15) is 5.52 Å². The third-order valence-corrected chi connectivity index (χ3v) is 11.0. The molecule has 0 atom stereocenters. The van der Waals surface area contributed by atoms with Crippen LogP contribution >= 0.6 is 0 Å². The quantitative estimate of drug-likeness (QED) is 0.186. The molecule has 6 aromatic carbocycles. The molecule has 236 valence electrons. The lowest BCUT2D eigenvalue weighted by molar-refractivity contribution is 0.602. The largest absolute Gasteiger partial charge is 0.443 e. The summed E-state index contributed by atoms with van der Waals surface area (Å²) in [5.41, 5.74) is 14.7. The van der Waals surface area contributed by atoms with Gasteiger partial charge >= 0.3 is 0 Å². The second-order valence-corrected chi connectivity index (χ2v) is 13.4. The van der Waals surface area contributed by atoms with Crippen molar-refractivity contribution >= 4 is 43.8 Å². The summed E-state index contributed by atoms with van der Waals surface area (Å²) in [7, 11) is 0. The maximum atomic E-state index is 6.41. The molecule has 0 bridgehead atoms. The van der Waals surface area contributed by atoms with Gasteiger partial charge in [-0.25, -0.2) is 15.0 Å². The van der Waals surface area contributed by atoms with E-state index in [0.717, 1.165) is 77.5 Å². The molecule has 0 saturated heterocycles. The van der Waals surface area contributed by atoms with Crippen LogP contribution in [0.15, 0.2) is 157 Å². The Balaban J connectivity index is 1.35. The minimum atomic E-state index is -0.684. The number of pyridine rings is 1. The third-order valence-electron chi connectivity index (χ3n) is 11.0. The Morgan fingerprint density at radius 3 is 2.08 bits per heavy atom. The number of hydrogen-bond acceptors (Lipinski definition) is 5. The molecule has 0 saturated carbocycles. The Bertz CT molecular complexity index is 3060. The minimum Gasteiger partial charge on any atom is -0.443 e. The van der Waals surface area contributed by atoms with Gasteiger partial charge in [0.25, 0.3) is 0 Å². The van der Waals surface area contributed by atoms with Crippen LogP contribution in [0, 0.1) is 0 Å². The summed E-state index contributed by atoms with van der Waals surface area (Å²) >= 11 is 0. The lowest BCUT2D eigenvalue weighted by atomic mass is 9.70. The number of hydrogen-bond donors (Lipinski definition) is 0. The molecule has 2 aliphatic rings. The highest BCUT2D eigenvalue weighted by Gasteiger charge is 2.55. The van der Waals surface area contributed by atoms with Crippen molar-refractivity contribution in [3.8, 4) is 39.6 Å². The molecule has 4 aromatic heterocycles. The summed E-state index contributed by atoms with van der Waals surface area (Å²) in [5, 5.41) is 3.08. The summed E-state index contributed by atoms with van der Waals surface area (Å²) < 4.78 is 8.68. The zero-order chi connectivity index (χ0) is 33.3. The van der Waals surface area contributed by atoms with Gasteiger partial charge in [0, 0.05) is 33.5 Å². The summed E-state index contributed by atoms with van der Waals surface area (Å²) in [6.45, 7) is 0. The van der Waals surface area contributed by atoms with Crippen molar-refractivity contribution in [1.82, 2.24) is 24.5 Å².